The van der Waals surface area contributed by atoms with Crippen molar-refractivity contribution in [2.24, 2.45) is 0 Å². The van der Waals surface area contributed by atoms with Gasteiger partial charge in [-0.2, -0.15) is 0 Å². The summed E-state index contributed by atoms with van der Waals surface area (Å²) in [6.45, 7) is 4.25. The van der Waals surface area contributed by atoms with Gasteiger partial charge in [0.15, 0.2) is 0 Å². The normalized spacial score (nSPS) is 13.4. The Kier molecular flexibility index (Phi) is 7.54. The number of imide groups is 1. The highest BCUT2D eigenvalue weighted by molar-refractivity contribution is 8.04. The fourth-order valence-corrected chi connectivity index (χ4v) is 5.01. The molecule has 1 aliphatic rings. The first kappa shape index (κ1) is 25.6. The zero-order valence-electron chi connectivity index (χ0n) is 20.9. The molecule has 7 heteroatoms. The van der Waals surface area contributed by atoms with Crippen LogP contribution in [0.25, 0.3) is 0 Å². The van der Waals surface area contributed by atoms with Gasteiger partial charge in [-0.3, -0.25) is 9.59 Å². The molecule has 0 radical (unpaired) electrons. The van der Waals surface area contributed by atoms with E-state index in [2.05, 4.69) is 19.2 Å². The van der Waals surface area contributed by atoms with Crippen molar-refractivity contribution in [3.8, 4) is 11.5 Å². The van der Waals surface area contributed by atoms with Crippen LogP contribution in [0.2, 0.25) is 5.02 Å². The van der Waals surface area contributed by atoms with E-state index in [-0.39, 0.29) is 5.70 Å². The number of halogens is 1. The van der Waals surface area contributed by atoms with E-state index >= 15 is 0 Å². The molecule has 1 N–H and O–H groups in total. The summed E-state index contributed by atoms with van der Waals surface area (Å²) in [5, 5.41) is 3.81. The zero-order valence-corrected chi connectivity index (χ0v) is 22.4. The molecule has 190 valence electrons. The average molecular weight is 541 g/mol. The number of para-hydroxylation sites is 1. The van der Waals surface area contributed by atoms with E-state index in [0.717, 1.165) is 10.6 Å². The van der Waals surface area contributed by atoms with E-state index in [1.165, 1.54) is 22.2 Å². The van der Waals surface area contributed by atoms with Gasteiger partial charge < -0.3 is 10.1 Å². The summed E-state index contributed by atoms with van der Waals surface area (Å²) in [5.41, 5.74) is 2.61. The van der Waals surface area contributed by atoms with E-state index in [4.69, 9.17) is 16.3 Å². The summed E-state index contributed by atoms with van der Waals surface area (Å²) >= 11 is 7.28. The molecular weight excluding hydrogens is 516 g/mol. The Balaban J connectivity index is 1.44. The molecule has 0 aliphatic carbocycles. The van der Waals surface area contributed by atoms with Gasteiger partial charge in [0.25, 0.3) is 11.8 Å². The van der Waals surface area contributed by atoms with Gasteiger partial charge in [0.2, 0.25) is 0 Å². The van der Waals surface area contributed by atoms with E-state index in [9.17, 15) is 9.59 Å². The Labute approximate surface area is 231 Å². The third-order valence-electron chi connectivity index (χ3n) is 6.00. The highest BCUT2D eigenvalue weighted by atomic mass is 35.5. The summed E-state index contributed by atoms with van der Waals surface area (Å²) < 4.78 is 5.86. The van der Waals surface area contributed by atoms with Crippen molar-refractivity contribution in [1.29, 1.82) is 0 Å². The van der Waals surface area contributed by atoms with Crippen molar-refractivity contribution in [2.45, 2.75) is 24.7 Å². The van der Waals surface area contributed by atoms with Crippen LogP contribution in [0, 0.1) is 0 Å². The average Bonchev–Trinajstić information content (AvgIpc) is 3.15. The zero-order chi connectivity index (χ0) is 26.6. The van der Waals surface area contributed by atoms with Gasteiger partial charge in [0.05, 0.1) is 5.69 Å². The van der Waals surface area contributed by atoms with Crippen LogP contribution in [0.5, 0.6) is 11.5 Å². The van der Waals surface area contributed by atoms with Crippen LogP contribution in [0.15, 0.2) is 119 Å². The number of carbonyl (C=O) groups is 2. The van der Waals surface area contributed by atoms with Gasteiger partial charge >= 0.3 is 0 Å². The van der Waals surface area contributed by atoms with Gasteiger partial charge in [-0.15, -0.1) is 0 Å². The number of amides is 2. The Morgan fingerprint density at radius 3 is 2.03 bits per heavy atom. The number of hydrogen-bond donors (Lipinski definition) is 1. The maximum absolute atomic E-state index is 13.6. The van der Waals surface area contributed by atoms with Crippen molar-refractivity contribution < 1.29 is 14.3 Å². The standard InChI is InChI=1S/C31H25ClN2O3S/c1-20(2)21-8-12-23(13-9-21)33-28-29(38-27-18-10-22(32)11-19-27)31(36)34(30(28)35)24-14-16-26(17-15-24)37-25-6-4-3-5-7-25/h3-20,33H,1-2H3. The number of thioether (sulfide) groups is 1. The monoisotopic (exact) mass is 540 g/mol. The molecule has 0 bridgehead atoms. The molecule has 0 fully saturated rings. The molecule has 0 aromatic heterocycles. The quantitative estimate of drug-likeness (QED) is 0.228. The number of nitrogens with zero attached hydrogens (tertiary/aromatic N) is 1. The molecular formula is C31H25ClN2O3S. The van der Waals surface area contributed by atoms with Crippen molar-refractivity contribution in [1.82, 2.24) is 0 Å². The van der Waals surface area contributed by atoms with Gasteiger partial charge in [-0.05, 0) is 84.3 Å². The molecule has 0 atom stereocenters. The van der Waals surface area contributed by atoms with E-state index in [0.29, 0.717) is 33.0 Å². The molecule has 4 aromatic carbocycles. The van der Waals surface area contributed by atoms with Gasteiger partial charge in [0.1, 0.15) is 22.1 Å². The van der Waals surface area contributed by atoms with Crippen molar-refractivity contribution in [3.05, 3.63) is 124 Å². The van der Waals surface area contributed by atoms with Crippen LogP contribution in [0.4, 0.5) is 11.4 Å². The summed E-state index contributed by atoms with van der Waals surface area (Å²) in [5.74, 6) is 0.876. The summed E-state index contributed by atoms with van der Waals surface area (Å²) in [4.78, 5) is 29.6. The minimum absolute atomic E-state index is 0.233. The third kappa shape index (κ3) is 5.62. The molecule has 0 unspecified atom stereocenters. The molecule has 5 rings (SSSR count). The lowest BCUT2D eigenvalue weighted by atomic mass is 10.0. The first-order valence-electron chi connectivity index (χ1n) is 12.2. The first-order chi connectivity index (χ1) is 18.4. The number of carbonyl (C=O) groups excluding carboxylic acids is 2. The summed E-state index contributed by atoms with van der Waals surface area (Å²) in [6.07, 6.45) is 0. The maximum Gasteiger partial charge on any atom is 0.283 e. The third-order valence-corrected chi connectivity index (χ3v) is 7.34. The van der Waals surface area contributed by atoms with Crippen LogP contribution < -0.4 is 15.0 Å². The van der Waals surface area contributed by atoms with Crippen LogP contribution in [-0.2, 0) is 9.59 Å². The van der Waals surface area contributed by atoms with Gasteiger partial charge in [-0.1, -0.05) is 67.5 Å². The van der Waals surface area contributed by atoms with Crippen molar-refractivity contribution in [3.63, 3.8) is 0 Å². The Morgan fingerprint density at radius 1 is 0.763 bits per heavy atom. The predicted octanol–water partition coefficient (Wildman–Crippen LogP) is 8.24. The van der Waals surface area contributed by atoms with Crippen molar-refractivity contribution >= 4 is 46.6 Å². The summed E-state index contributed by atoms with van der Waals surface area (Å²) in [6, 6.07) is 31.3. The second-order valence-electron chi connectivity index (χ2n) is 9.02. The lowest BCUT2D eigenvalue weighted by Gasteiger charge is -2.16. The smallest absolute Gasteiger partial charge is 0.283 e. The van der Waals surface area contributed by atoms with Crippen LogP contribution >= 0.6 is 23.4 Å². The molecule has 1 heterocycles. The number of ether oxygens (including phenoxy) is 1. The summed E-state index contributed by atoms with van der Waals surface area (Å²) in [7, 11) is 0. The second-order valence-corrected chi connectivity index (χ2v) is 10.5. The molecule has 1 aliphatic heterocycles. The van der Waals surface area contributed by atoms with Crippen LogP contribution in [0.1, 0.15) is 25.3 Å². The second kappa shape index (κ2) is 11.2. The van der Waals surface area contributed by atoms with Crippen LogP contribution in [-0.4, -0.2) is 11.8 Å². The molecule has 4 aromatic rings. The minimum atomic E-state index is -0.420. The molecule has 5 nitrogen and oxygen atoms in total. The van der Waals surface area contributed by atoms with E-state index < -0.39 is 11.8 Å². The highest BCUT2D eigenvalue weighted by Crippen LogP contribution is 2.38. The number of rotatable bonds is 8. The minimum Gasteiger partial charge on any atom is -0.457 e. The largest absolute Gasteiger partial charge is 0.457 e. The molecule has 0 saturated carbocycles. The van der Waals surface area contributed by atoms with E-state index in [1.54, 1.807) is 36.4 Å². The highest BCUT2D eigenvalue weighted by Gasteiger charge is 2.40. The maximum atomic E-state index is 13.6. The fourth-order valence-electron chi connectivity index (χ4n) is 3.95. The first-order valence-corrected chi connectivity index (χ1v) is 13.3. The van der Waals surface area contributed by atoms with Crippen LogP contribution in [0.3, 0.4) is 0 Å². The number of anilines is 2. The Hall–Kier alpha value is -4.00. The fraction of sp³-hybridized carbons (Fsp3) is 0.0968. The lowest BCUT2D eigenvalue weighted by Crippen LogP contribution is -2.32. The van der Waals surface area contributed by atoms with Crippen molar-refractivity contribution in [2.75, 3.05) is 10.2 Å². The lowest BCUT2D eigenvalue weighted by molar-refractivity contribution is -0.120. The van der Waals surface area contributed by atoms with E-state index in [1.807, 2.05) is 66.7 Å². The van der Waals surface area contributed by atoms with Gasteiger partial charge in [0, 0.05) is 15.6 Å². The molecule has 0 saturated heterocycles. The molecule has 38 heavy (non-hydrogen) atoms. The molecule has 0 spiro atoms. The number of nitrogens with one attached hydrogen (secondary N) is 1. The Morgan fingerprint density at radius 2 is 1.39 bits per heavy atom. The molecule has 2 amide bonds. The topological polar surface area (TPSA) is 58.6 Å². The Bertz CT molecular complexity index is 1480. The number of hydrogen-bond acceptors (Lipinski definition) is 5. The predicted molar refractivity (Wildman–Crippen MR) is 154 cm³/mol. The SMILES string of the molecule is CC(C)c1ccc(NC2=C(Sc3ccc(Cl)cc3)C(=O)N(c3ccc(Oc4ccccc4)cc3)C2=O)cc1. The van der Waals surface area contributed by atoms with Gasteiger partial charge in [-0.25, -0.2) is 4.90 Å². The number of benzene rings is 4.